The summed E-state index contributed by atoms with van der Waals surface area (Å²) in [6.07, 6.45) is 8.37. The third-order valence-electron chi connectivity index (χ3n) is 3.46. The first-order valence-electron chi connectivity index (χ1n) is 5.99. The number of nitrogen functional groups attached to an aromatic ring is 1. The van der Waals surface area contributed by atoms with Gasteiger partial charge in [0.15, 0.2) is 5.82 Å². The predicted molar refractivity (Wildman–Crippen MR) is 65.2 cm³/mol. The quantitative estimate of drug-likeness (QED) is 0.878. The van der Waals surface area contributed by atoms with Crippen molar-refractivity contribution < 1.29 is 4.52 Å². The minimum atomic E-state index is 0.477. The average Bonchev–Trinajstić information content (AvgIpc) is 2.66. The topological polar surface area (TPSA) is 64.9 Å². The van der Waals surface area contributed by atoms with Crippen LogP contribution in [-0.2, 0) is 6.42 Å². The van der Waals surface area contributed by atoms with E-state index in [1.54, 1.807) is 12.4 Å². The van der Waals surface area contributed by atoms with E-state index < -0.39 is 0 Å². The third-order valence-corrected chi connectivity index (χ3v) is 3.46. The van der Waals surface area contributed by atoms with E-state index in [0.29, 0.717) is 5.82 Å². The van der Waals surface area contributed by atoms with Crippen LogP contribution >= 0.6 is 0 Å². The summed E-state index contributed by atoms with van der Waals surface area (Å²) in [5.74, 6) is 2.13. The van der Waals surface area contributed by atoms with Crippen molar-refractivity contribution in [3.8, 4) is 11.1 Å². The van der Waals surface area contributed by atoms with Gasteiger partial charge >= 0.3 is 0 Å². The normalized spacial score (nSPS) is 15.8. The van der Waals surface area contributed by atoms with Gasteiger partial charge in [-0.15, -0.1) is 0 Å². The molecular weight excluding hydrogens is 214 g/mol. The molecule has 1 aliphatic rings. The maximum Gasteiger partial charge on any atom is 0.175 e. The minimum Gasteiger partial charge on any atom is -0.380 e. The number of nitrogens with two attached hydrogens (primary N) is 1. The molecule has 2 aromatic heterocycles. The lowest BCUT2D eigenvalue weighted by atomic mass is 9.81. The molecule has 1 fully saturated rings. The summed E-state index contributed by atoms with van der Waals surface area (Å²) in [6.45, 7) is 0. The number of hydrogen-bond acceptors (Lipinski definition) is 4. The van der Waals surface area contributed by atoms with Crippen LogP contribution in [0.1, 0.15) is 25.0 Å². The largest absolute Gasteiger partial charge is 0.380 e. The molecule has 4 heteroatoms. The summed E-state index contributed by atoms with van der Waals surface area (Å²) < 4.78 is 5.36. The van der Waals surface area contributed by atoms with Gasteiger partial charge in [-0.3, -0.25) is 4.98 Å². The number of aromatic nitrogens is 2. The molecule has 2 aromatic rings. The van der Waals surface area contributed by atoms with Crippen molar-refractivity contribution in [1.29, 1.82) is 0 Å². The van der Waals surface area contributed by atoms with Gasteiger partial charge in [0.05, 0.1) is 5.56 Å². The third kappa shape index (κ3) is 1.90. The Hall–Kier alpha value is -1.84. The zero-order valence-corrected chi connectivity index (χ0v) is 9.60. The van der Waals surface area contributed by atoms with E-state index in [4.69, 9.17) is 10.3 Å². The highest BCUT2D eigenvalue weighted by molar-refractivity contribution is 5.75. The fourth-order valence-electron chi connectivity index (χ4n) is 2.26. The van der Waals surface area contributed by atoms with E-state index in [2.05, 4.69) is 10.1 Å². The Balaban J connectivity index is 1.94. The molecule has 0 saturated heterocycles. The molecule has 4 nitrogen and oxygen atoms in total. The molecule has 17 heavy (non-hydrogen) atoms. The number of anilines is 1. The van der Waals surface area contributed by atoms with Crippen molar-refractivity contribution in [3.63, 3.8) is 0 Å². The van der Waals surface area contributed by atoms with Crippen LogP contribution in [0.3, 0.4) is 0 Å². The second kappa shape index (κ2) is 4.20. The smallest absolute Gasteiger partial charge is 0.175 e. The first-order valence-corrected chi connectivity index (χ1v) is 5.99. The molecule has 0 atom stereocenters. The highest BCUT2D eigenvalue weighted by Gasteiger charge is 2.23. The number of pyridine rings is 1. The maximum absolute atomic E-state index is 5.88. The van der Waals surface area contributed by atoms with Crippen LogP contribution in [0.4, 0.5) is 5.82 Å². The van der Waals surface area contributed by atoms with Crippen LogP contribution in [0, 0.1) is 5.92 Å². The summed E-state index contributed by atoms with van der Waals surface area (Å²) in [5, 5.41) is 3.89. The number of rotatable bonds is 3. The van der Waals surface area contributed by atoms with Gasteiger partial charge in [0.2, 0.25) is 0 Å². The van der Waals surface area contributed by atoms with Crippen molar-refractivity contribution in [2.24, 2.45) is 5.92 Å². The van der Waals surface area contributed by atoms with E-state index in [9.17, 15) is 0 Å². The Morgan fingerprint density at radius 3 is 2.71 bits per heavy atom. The highest BCUT2D eigenvalue weighted by atomic mass is 16.5. The van der Waals surface area contributed by atoms with E-state index in [1.807, 2.05) is 12.1 Å². The summed E-state index contributed by atoms with van der Waals surface area (Å²) in [6, 6.07) is 3.88. The van der Waals surface area contributed by atoms with Gasteiger partial charge in [-0.05, 0) is 23.6 Å². The molecular formula is C13H15N3O. The highest BCUT2D eigenvalue weighted by Crippen LogP contribution is 2.35. The summed E-state index contributed by atoms with van der Waals surface area (Å²) in [7, 11) is 0. The Kier molecular flexibility index (Phi) is 2.55. The fourth-order valence-corrected chi connectivity index (χ4v) is 2.26. The van der Waals surface area contributed by atoms with Crippen LogP contribution < -0.4 is 5.73 Å². The zero-order valence-electron chi connectivity index (χ0n) is 9.60. The number of hydrogen-bond donors (Lipinski definition) is 1. The van der Waals surface area contributed by atoms with Gasteiger partial charge in [0.1, 0.15) is 5.76 Å². The lowest BCUT2D eigenvalue weighted by Crippen LogP contribution is -2.13. The fraction of sp³-hybridized carbons (Fsp3) is 0.385. The summed E-state index contributed by atoms with van der Waals surface area (Å²) in [4.78, 5) is 4.01. The molecule has 0 amide bonds. The number of nitrogens with zero attached hydrogens (tertiary/aromatic N) is 2. The zero-order chi connectivity index (χ0) is 11.7. The monoisotopic (exact) mass is 229 g/mol. The minimum absolute atomic E-state index is 0.477. The van der Waals surface area contributed by atoms with Crippen LogP contribution in [0.15, 0.2) is 29.0 Å². The molecule has 88 valence electrons. The maximum atomic E-state index is 5.88. The van der Waals surface area contributed by atoms with Gasteiger partial charge in [0.25, 0.3) is 0 Å². The second-order valence-corrected chi connectivity index (χ2v) is 4.60. The summed E-state index contributed by atoms with van der Waals surface area (Å²) >= 11 is 0. The standard InChI is InChI=1S/C13H15N3O/c14-13-12(10-4-6-15-7-5-10)11(17-16-13)8-9-2-1-3-9/h4-7,9H,1-3,8H2,(H2,14,16). The van der Waals surface area contributed by atoms with Crippen molar-refractivity contribution >= 4 is 5.82 Å². The van der Waals surface area contributed by atoms with Crippen LogP contribution in [-0.4, -0.2) is 10.1 Å². The van der Waals surface area contributed by atoms with Gasteiger partial charge in [0, 0.05) is 18.8 Å². The average molecular weight is 229 g/mol. The van der Waals surface area contributed by atoms with Crippen molar-refractivity contribution in [2.75, 3.05) is 5.73 Å². The molecule has 0 radical (unpaired) electrons. The Morgan fingerprint density at radius 1 is 1.29 bits per heavy atom. The van der Waals surface area contributed by atoms with Gasteiger partial charge in [-0.1, -0.05) is 24.4 Å². The Labute approximate surface area is 99.8 Å². The molecule has 0 bridgehead atoms. The molecule has 2 heterocycles. The SMILES string of the molecule is Nc1noc(CC2CCC2)c1-c1ccncc1. The molecule has 0 spiro atoms. The van der Waals surface area contributed by atoms with Crippen molar-refractivity contribution in [2.45, 2.75) is 25.7 Å². The van der Waals surface area contributed by atoms with E-state index >= 15 is 0 Å². The molecule has 0 unspecified atom stereocenters. The molecule has 0 aliphatic heterocycles. The molecule has 3 rings (SSSR count). The van der Waals surface area contributed by atoms with Gasteiger partial charge < -0.3 is 10.3 Å². The molecule has 1 saturated carbocycles. The Bertz CT molecular complexity index is 503. The predicted octanol–water partition coefficient (Wildman–Crippen LogP) is 2.66. The summed E-state index contributed by atoms with van der Waals surface area (Å²) in [5.41, 5.74) is 7.86. The van der Waals surface area contributed by atoms with Crippen molar-refractivity contribution in [1.82, 2.24) is 10.1 Å². The van der Waals surface area contributed by atoms with Crippen LogP contribution in [0.2, 0.25) is 0 Å². The first-order chi connectivity index (χ1) is 8.34. The lowest BCUT2D eigenvalue weighted by molar-refractivity contribution is 0.279. The van der Waals surface area contributed by atoms with E-state index in [1.165, 1.54) is 19.3 Å². The molecule has 2 N–H and O–H groups in total. The van der Waals surface area contributed by atoms with Gasteiger partial charge in [-0.25, -0.2) is 0 Å². The van der Waals surface area contributed by atoms with E-state index in [-0.39, 0.29) is 0 Å². The van der Waals surface area contributed by atoms with E-state index in [0.717, 1.165) is 29.2 Å². The van der Waals surface area contributed by atoms with Gasteiger partial charge in [-0.2, -0.15) is 0 Å². The Morgan fingerprint density at radius 2 is 2.06 bits per heavy atom. The van der Waals surface area contributed by atoms with Crippen LogP contribution in [0.5, 0.6) is 0 Å². The lowest BCUT2D eigenvalue weighted by Gasteiger charge is -2.24. The first kappa shape index (κ1) is 10.3. The van der Waals surface area contributed by atoms with Crippen LogP contribution in [0.25, 0.3) is 11.1 Å². The second-order valence-electron chi connectivity index (χ2n) is 4.60. The molecule has 0 aromatic carbocycles. The van der Waals surface area contributed by atoms with Crippen molar-refractivity contribution in [3.05, 3.63) is 30.3 Å². The molecule has 1 aliphatic carbocycles.